The highest BCUT2D eigenvalue weighted by Crippen LogP contribution is 2.21. The molecule has 1 rings (SSSR count). The van der Waals surface area contributed by atoms with Crippen LogP contribution in [0.15, 0.2) is 4.47 Å². The SMILES string of the molecule is Cc1nn(C)c(CC(C)O)c1Br. The Hall–Kier alpha value is -0.350. The second-order valence-electron chi connectivity index (χ2n) is 3.02. The molecule has 68 valence electrons. The van der Waals surface area contributed by atoms with E-state index in [4.69, 9.17) is 0 Å². The molecule has 0 spiro atoms. The van der Waals surface area contributed by atoms with Gasteiger partial charge in [0.1, 0.15) is 0 Å². The van der Waals surface area contributed by atoms with Crippen molar-refractivity contribution < 1.29 is 5.11 Å². The van der Waals surface area contributed by atoms with Crippen molar-refractivity contribution in [2.45, 2.75) is 26.4 Å². The molecule has 0 saturated heterocycles. The molecular weight excluding hydrogens is 220 g/mol. The minimum atomic E-state index is -0.323. The molecule has 0 fully saturated rings. The molecule has 1 atom stereocenters. The van der Waals surface area contributed by atoms with Gasteiger partial charge < -0.3 is 5.11 Å². The van der Waals surface area contributed by atoms with Gasteiger partial charge in [-0.15, -0.1) is 0 Å². The highest BCUT2D eigenvalue weighted by Gasteiger charge is 2.11. The van der Waals surface area contributed by atoms with Crippen molar-refractivity contribution in [2.75, 3.05) is 0 Å². The summed E-state index contributed by atoms with van der Waals surface area (Å²) in [7, 11) is 1.88. The first-order valence-corrected chi connectivity index (χ1v) is 4.67. The molecule has 3 nitrogen and oxygen atoms in total. The second kappa shape index (κ2) is 3.58. The largest absolute Gasteiger partial charge is 0.393 e. The smallest absolute Gasteiger partial charge is 0.0738 e. The van der Waals surface area contributed by atoms with E-state index in [0.29, 0.717) is 6.42 Å². The van der Waals surface area contributed by atoms with Crippen molar-refractivity contribution in [3.8, 4) is 0 Å². The summed E-state index contributed by atoms with van der Waals surface area (Å²) in [5.74, 6) is 0. The van der Waals surface area contributed by atoms with Gasteiger partial charge in [0, 0.05) is 13.5 Å². The molecular formula is C8H13BrN2O. The van der Waals surface area contributed by atoms with E-state index in [1.54, 1.807) is 11.6 Å². The summed E-state index contributed by atoms with van der Waals surface area (Å²) in [4.78, 5) is 0. The van der Waals surface area contributed by atoms with Gasteiger partial charge in [0.25, 0.3) is 0 Å². The first-order valence-electron chi connectivity index (χ1n) is 3.88. The monoisotopic (exact) mass is 232 g/mol. The topological polar surface area (TPSA) is 38.0 Å². The van der Waals surface area contributed by atoms with Crippen LogP contribution in [0.1, 0.15) is 18.3 Å². The van der Waals surface area contributed by atoms with E-state index in [1.807, 2.05) is 14.0 Å². The summed E-state index contributed by atoms with van der Waals surface area (Å²) in [5, 5.41) is 13.4. The molecule has 0 aliphatic heterocycles. The van der Waals surface area contributed by atoms with Gasteiger partial charge in [0.05, 0.1) is 22.0 Å². The third kappa shape index (κ3) is 1.87. The predicted molar refractivity (Wildman–Crippen MR) is 51.0 cm³/mol. The van der Waals surface area contributed by atoms with Crippen molar-refractivity contribution in [1.82, 2.24) is 9.78 Å². The predicted octanol–water partition coefficient (Wildman–Crippen LogP) is 1.41. The molecule has 0 saturated carbocycles. The lowest BCUT2D eigenvalue weighted by molar-refractivity contribution is 0.192. The van der Waals surface area contributed by atoms with Crippen LogP contribution in [-0.4, -0.2) is 21.0 Å². The molecule has 1 aromatic rings. The third-order valence-corrected chi connectivity index (χ3v) is 2.78. The standard InChI is InChI=1S/C8H13BrN2O/c1-5(12)4-7-8(9)6(2)10-11(7)3/h5,12H,4H2,1-3H3. The van der Waals surface area contributed by atoms with E-state index in [9.17, 15) is 5.11 Å². The Kier molecular flexibility index (Phi) is 2.90. The maximum atomic E-state index is 9.20. The maximum Gasteiger partial charge on any atom is 0.0738 e. The summed E-state index contributed by atoms with van der Waals surface area (Å²) in [6.45, 7) is 3.71. The van der Waals surface area contributed by atoms with Crippen LogP contribution in [0.2, 0.25) is 0 Å². The molecule has 1 heterocycles. The molecule has 1 unspecified atom stereocenters. The zero-order chi connectivity index (χ0) is 9.30. The average molecular weight is 233 g/mol. The summed E-state index contributed by atoms with van der Waals surface area (Å²) >= 11 is 3.44. The Labute approximate surface area is 80.5 Å². The number of nitrogens with zero attached hydrogens (tertiary/aromatic N) is 2. The summed E-state index contributed by atoms with van der Waals surface area (Å²) in [6.07, 6.45) is 0.314. The minimum absolute atomic E-state index is 0.323. The zero-order valence-corrected chi connectivity index (χ0v) is 9.09. The van der Waals surface area contributed by atoms with Crippen LogP contribution < -0.4 is 0 Å². The average Bonchev–Trinajstić information content (AvgIpc) is 2.16. The van der Waals surface area contributed by atoms with Gasteiger partial charge in [-0.25, -0.2) is 0 Å². The maximum absolute atomic E-state index is 9.20. The number of aromatic nitrogens is 2. The Morgan fingerprint density at radius 3 is 2.58 bits per heavy atom. The highest BCUT2D eigenvalue weighted by atomic mass is 79.9. The van der Waals surface area contributed by atoms with Crippen LogP contribution in [0, 0.1) is 6.92 Å². The molecule has 1 aromatic heterocycles. The molecule has 0 radical (unpaired) electrons. The molecule has 0 bridgehead atoms. The number of hydrogen-bond acceptors (Lipinski definition) is 2. The summed E-state index contributed by atoms with van der Waals surface area (Å²) in [5.41, 5.74) is 2.01. The van der Waals surface area contributed by atoms with Gasteiger partial charge in [0.15, 0.2) is 0 Å². The minimum Gasteiger partial charge on any atom is -0.393 e. The van der Waals surface area contributed by atoms with E-state index in [2.05, 4.69) is 21.0 Å². The number of rotatable bonds is 2. The third-order valence-electron chi connectivity index (χ3n) is 1.75. The highest BCUT2D eigenvalue weighted by molar-refractivity contribution is 9.10. The first-order chi connectivity index (χ1) is 5.52. The molecule has 0 aliphatic rings. The molecule has 4 heteroatoms. The van der Waals surface area contributed by atoms with Crippen LogP contribution >= 0.6 is 15.9 Å². The molecule has 0 aromatic carbocycles. The molecule has 0 amide bonds. The van der Waals surface area contributed by atoms with Crippen molar-refractivity contribution in [3.05, 3.63) is 15.9 Å². The van der Waals surface area contributed by atoms with Gasteiger partial charge in [-0.3, -0.25) is 4.68 Å². The lowest BCUT2D eigenvalue weighted by atomic mass is 10.2. The first kappa shape index (κ1) is 9.74. The van der Waals surface area contributed by atoms with Crippen LogP contribution in [0.5, 0.6) is 0 Å². The van der Waals surface area contributed by atoms with E-state index in [0.717, 1.165) is 15.9 Å². The van der Waals surface area contributed by atoms with Crippen LogP contribution in [-0.2, 0) is 13.5 Å². The van der Waals surface area contributed by atoms with Crippen LogP contribution in [0.3, 0.4) is 0 Å². The number of aliphatic hydroxyl groups is 1. The van der Waals surface area contributed by atoms with Gasteiger partial charge in [-0.1, -0.05) is 0 Å². The van der Waals surface area contributed by atoms with Gasteiger partial charge in [-0.2, -0.15) is 5.10 Å². The van der Waals surface area contributed by atoms with Crippen LogP contribution in [0.4, 0.5) is 0 Å². The van der Waals surface area contributed by atoms with E-state index < -0.39 is 0 Å². The Bertz CT molecular complexity index is 281. The van der Waals surface area contributed by atoms with Crippen molar-refractivity contribution in [3.63, 3.8) is 0 Å². The lowest BCUT2D eigenvalue weighted by Gasteiger charge is -2.04. The number of hydrogen-bond donors (Lipinski definition) is 1. The molecule has 1 N–H and O–H groups in total. The Balaban J connectivity index is 2.97. The van der Waals surface area contributed by atoms with Crippen molar-refractivity contribution in [2.24, 2.45) is 7.05 Å². The normalized spacial score (nSPS) is 13.4. The van der Waals surface area contributed by atoms with E-state index in [1.165, 1.54) is 0 Å². The van der Waals surface area contributed by atoms with Crippen LogP contribution in [0.25, 0.3) is 0 Å². The lowest BCUT2D eigenvalue weighted by Crippen LogP contribution is -2.09. The second-order valence-corrected chi connectivity index (χ2v) is 3.82. The number of aliphatic hydroxyl groups excluding tert-OH is 1. The van der Waals surface area contributed by atoms with Gasteiger partial charge in [0.2, 0.25) is 0 Å². The quantitative estimate of drug-likeness (QED) is 0.838. The van der Waals surface area contributed by atoms with E-state index in [-0.39, 0.29) is 6.10 Å². The zero-order valence-electron chi connectivity index (χ0n) is 7.50. The Morgan fingerprint density at radius 2 is 2.25 bits per heavy atom. The Morgan fingerprint density at radius 1 is 1.67 bits per heavy atom. The van der Waals surface area contributed by atoms with Gasteiger partial charge >= 0.3 is 0 Å². The fourth-order valence-electron chi connectivity index (χ4n) is 1.18. The molecule has 12 heavy (non-hydrogen) atoms. The van der Waals surface area contributed by atoms with Crippen molar-refractivity contribution >= 4 is 15.9 Å². The van der Waals surface area contributed by atoms with E-state index >= 15 is 0 Å². The fraction of sp³-hybridized carbons (Fsp3) is 0.625. The van der Waals surface area contributed by atoms with Gasteiger partial charge in [-0.05, 0) is 29.8 Å². The summed E-state index contributed by atoms with van der Waals surface area (Å²) in [6, 6.07) is 0. The number of aryl methyl sites for hydroxylation is 2. The molecule has 0 aliphatic carbocycles. The summed E-state index contributed by atoms with van der Waals surface area (Å²) < 4.78 is 2.80. The fourth-order valence-corrected chi connectivity index (χ4v) is 1.68. The van der Waals surface area contributed by atoms with Crippen molar-refractivity contribution in [1.29, 1.82) is 0 Å². The number of halogens is 1.